The highest BCUT2D eigenvalue weighted by molar-refractivity contribution is 5.81. The summed E-state index contributed by atoms with van der Waals surface area (Å²) in [7, 11) is 0. The Balaban J connectivity index is 2.02. The molecule has 22 heavy (non-hydrogen) atoms. The van der Waals surface area contributed by atoms with Crippen molar-refractivity contribution in [1.82, 2.24) is 0 Å². The van der Waals surface area contributed by atoms with E-state index in [2.05, 4.69) is 73.6 Å². The van der Waals surface area contributed by atoms with E-state index in [1.807, 2.05) is 12.1 Å². The van der Waals surface area contributed by atoms with Gasteiger partial charge in [0.05, 0.1) is 0 Å². The molecule has 2 aromatic carbocycles. The molecular weight excluding hydrogens is 270 g/mol. The second-order valence-corrected chi connectivity index (χ2v) is 6.45. The fourth-order valence-electron chi connectivity index (χ4n) is 3.17. The monoisotopic (exact) mass is 291 g/mol. The molecule has 2 nitrogen and oxygen atoms in total. The van der Waals surface area contributed by atoms with Crippen LogP contribution in [0.25, 0.3) is 5.57 Å². The third-order valence-electron chi connectivity index (χ3n) is 4.74. The smallest absolute Gasteiger partial charge is 0.0478 e. The molecule has 0 unspecified atom stereocenters. The minimum Gasteiger partial charge on any atom is -0.411 e. The first kappa shape index (κ1) is 14.6. The summed E-state index contributed by atoms with van der Waals surface area (Å²) in [4.78, 5) is 0. The highest BCUT2D eigenvalue weighted by atomic mass is 16.4. The van der Waals surface area contributed by atoms with Crippen LogP contribution in [0.15, 0.2) is 71.9 Å². The highest BCUT2D eigenvalue weighted by Crippen LogP contribution is 2.58. The lowest BCUT2D eigenvalue weighted by molar-refractivity contribution is 0.319. The summed E-state index contributed by atoms with van der Waals surface area (Å²) in [5.41, 5.74) is 3.82. The summed E-state index contributed by atoms with van der Waals surface area (Å²) < 4.78 is 0. The Kier molecular flexibility index (Phi) is 3.84. The van der Waals surface area contributed by atoms with Gasteiger partial charge in [0.25, 0.3) is 0 Å². The first-order valence-corrected chi connectivity index (χ1v) is 7.65. The second kappa shape index (κ2) is 5.80. The van der Waals surface area contributed by atoms with Gasteiger partial charge >= 0.3 is 0 Å². The number of benzene rings is 2. The maximum atomic E-state index is 8.84. The molecule has 1 aliphatic carbocycles. The minimum atomic E-state index is 0.140. The Hall–Kier alpha value is -2.35. The number of nitrogens with zero attached hydrogens (tertiary/aromatic N) is 1. The van der Waals surface area contributed by atoms with Gasteiger partial charge in [0.15, 0.2) is 0 Å². The van der Waals surface area contributed by atoms with Gasteiger partial charge in [-0.1, -0.05) is 80.6 Å². The molecular formula is C20H21NO. The van der Waals surface area contributed by atoms with E-state index in [4.69, 9.17) is 5.21 Å². The topological polar surface area (TPSA) is 32.6 Å². The zero-order valence-electron chi connectivity index (χ0n) is 13.0. The van der Waals surface area contributed by atoms with Gasteiger partial charge in [-0.3, -0.25) is 0 Å². The van der Waals surface area contributed by atoms with Crippen molar-refractivity contribution >= 4 is 11.8 Å². The van der Waals surface area contributed by atoms with E-state index in [9.17, 15) is 0 Å². The molecule has 1 fully saturated rings. The molecule has 112 valence electrons. The van der Waals surface area contributed by atoms with Crippen LogP contribution in [-0.2, 0) is 0 Å². The number of hydrogen-bond acceptors (Lipinski definition) is 2. The van der Waals surface area contributed by atoms with E-state index in [-0.39, 0.29) is 5.41 Å². The van der Waals surface area contributed by atoms with Gasteiger partial charge in [0.2, 0.25) is 0 Å². The van der Waals surface area contributed by atoms with E-state index in [0.29, 0.717) is 11.8 Å². The lowest BCUT2D eigenvalue weighted by Gasteiger charge is -2.09. The molecule has 0 bridgehead atoms. The Morgan fingerprint density at radius 1 is 0.909 bits per heavy atom. The molecule has 3 rings (SSSR count). The standard InChI is InChI=1S/C20H21NO/c1-20(2)18(19(20)14-21-22)13-17(15-9-5-3-6-10-15)16-11-7-4-8-12-16/h3-14,18-19,22H,1-2H3/b21-14+/t18-,19+/m1/s1. The lowest BCUT2D eigenvalue weighted by atomic mass is 9.95. The third kappa shape index (κ3) is 2.69. The van der Waals surface area contributed by atoms with E-state index in [1.54, 1.807) is 6.21 Å². The van der Waals surface area contributed by atoms with Crippen LogP contribution in [0.2, 0.25) is 0 Å². The van der Waals surface area contributed by atoms with Crippen molar-refractivity contribution in [3.8, 4) is 0 Å². The molecule has 0 aromatic heterocycles. The zero-order chi connectivity index (χ0) is 15.6. The number of hydrogen-bond donors (Lipinski definition) is 1. The Labute approximate surface area is 131 Å². The van der Waals surface area contributed by atoms with Crippen molar-refractivity contribution in [2.45, 2.75) is 13.8 Å². The molecule has 2 atom stereocenters. The molecule has 0 heterocycles. The van der Waals surface area contributed by atoms with Crippen LogP contribution >= 0.6 is 0 Å². The van der Waals surface area contributed by atoms with Crippen LogP contribution in [-0.4, -0.2) is 11.4 Å². The summed E-state index contributed by atoms with van der Waals surface area (Å²) in [6, 6.07) is 20.9. The maximum absolute atomic E-state index is 8.84. The predicted molar refractivity (Wildman–Crippen MR) is 91.0 cm³/mol. The number of oxime groups is 1. The van der Waals surface area contributed by atoms with Crippen molar-refractivity contribution in [2.75, 3.05) is 0 Å². The number of rotatable bonds is 4. The average Bonchev–Trinajstić information content (AvgIpc) is 3.06. The second-order valence-electron chi connectivity index (χ2n) is 6.45. The van der Waals surface area contributed by atoms with Crippen LogP contribution in [0, 0.1) is 17.3 Å². The summed E-state index contributed by atoms with van der Waals surface area (Å²) in [6.45, 7) is 4.43. The molecule has 0 spiro atoms. The molecule has 0 amide bonds. The molecule has 1 N–H and O–H groups in total. The summed E-state index contributed by atoms with van der Waals surface area (Å²) in [6.07, 6.45) is 3.99. The third-order valence-corrected chi connectivity index (χ3v) is 4.74. The summed E-state index contributed by atoms with van der Waals surface area (Å²) in [5.74, 6) is 0.679. The molecule has 2 aromatic rings. The van der Waals surface area contributed by atoms with Crippen LogP contribution in [0.5, 0.6) is 0 Å². The predicted octanol–water partition coefficient (Wildman–Crippen LogP) is 4.85. The van der Waals surface area contributed by atoms with E-state index in [1.165, 1.54) is 16.7 Å². The first-order chi connectivity index (χ1) is 10.6. The first-order valence-electron chi connectivity index (χ1n) is 7.65. The molecule has 0 radical (unpaired) electrons. The van der Waals surface area contributed by atoms with Gasteiger partial charge in [0.1, 0.15) is 0 Å². The molecule has 0 aliphatic heterocycles. The molecule has 2 heteroatoms. The maximum Gasteiger partial charge on any atom is 0.0478 e. The fourth-order valence-corrected chi connectivity index (χ4v) is 3.17. The van der Waals surface area contributed by atoms with Gasteiger partial charge in [0, 0.05) is 12.1 Å². The van der Waals surface area contributed by atoms with Crippen LogP contribution in [0.1, 0.15) is 25.0 Å². The molecule has 1 aliphatic rings. The Morgan fingerprint density at radius 3 is 1.86 bits per heavy atom. The quantitative estimate of drug-likeness (QED) is 0.487. The zero-order valence-corrected chi connectivity index (χ0v) is 13.0. The van der Waals surface area contributed by atoms with Gasteiger partial charge in [-0.2, -0.15) is 0 Å². The summed E-state index contributed by atoms with van der Waals surface area (Å²) in [5, 5.41) is 12.1. The number of allylic oxidation sites excluding steroid dienone is 1. The average molecular weight is 291 g/mol. The van der Waals surface area contributed by atoms with E-state index in [0.717, 1.165) is 0 Å². The normalized spacial score (nSPS) is 22.5. The Bertz CT molecular complexity index is 645. The highest BCUT2D eigenvalue weighted by Gasteiger charge is 2.55. The lowest BCUT2D eigenvalue weighted by Crippen LogP contribution is -1.92. The van der Waals surface area contributed by atoms with Crippen molar-refractivity contribution in [3.63, 3.8) is 0 Å². The minimum absolute atomic E-state index is 0.140. The fraction of sp³-hybridized carbons (Fsp3) is 0.250. The van der Waals surface area contributed by atoms with Gasteiger partial charge in [-0.15, -0.1) is 5.16 Å². The van der Waals surface area contributed by atoms with Crippen molar-refractivity contribution in [2.24, 2.45) is 22.4 Å². The van der Waals surface area contributed by atoms with Crippen molar-refractivity contribution in [3.05, 3.63) is 77.9 Å². The summed E-state index contributed by atoms with van der Waals surface area (Å²) >= 11 is 0. The van der Waals surface area contributed by atoms with Gasteiger partial charge in [-0.05, 0) is 28.0 Å². The van der Waals surface area contributed by atoms with Crippen molar-refractivity contribution in [1.29, 1.82) is 0 Å². The van der Waals surface area contributed by atoms with Crippen molar-refractivity contribution < 1.29 is 5.21 Å². The van der Waals surface area contributed by atoms with Gasteiger partial charge < -0.3 is 5.21 Å². The largest absolute Gasteiger partial charge is 0.411 e. The SMILES string of the molecule is CC1(C)[C@H](C=C(c2ccccc2)c2ccccc2)[C@@H]1/C=N/O. The van der Waals surface area contributed by atoms with Crippen LogP contribution < -0.4 is 0 Å². The van der Waals surface area contributed by atoms with Gasteiger partial charge in [-0.25, -0.2) is 0 Å². The Morgan fingerprint density at radius 2 is 1.41 bits per heavy atom. The van der Waals surface area contributed by atoms with E-state index < -0.39 is 0 Å². The molecule has 0 saturated heterocycles. The van der Waals surface area contributed by atoms with Crippen LogP contribution in [0.4, 0.5) is 0 Å². The molecule has 1 saturated carbocycles. The van der Waals surface area contributed by atoms with Crippen LogP contribution in [0.3, 0.4) is 0 Å². The van der Waals surface area contributed by atoms with E-state index >= 15 is 0 Å².